The molecule has 1 heterocycles. The van der Waals surface area contributed by atoms with Crippen LogP contribution in [-0.2, 0) is 26.1 Å². The van der Waals surface area contributed by atoms with Crippen molar-refractivity contribution in [1.82, 2.24) is 0 Å². The minimum atomic E-state index is -4.38. The number of carbonyl (C=O) groups excluding carboxylic acids is 1. The number of alkyl halides is 2. The highest BCUT2D eigenvalue weighted by Crippen LogP contribution is 2.38. The average Bonchev–Trinajstić information content (AvgIpc) is 3.38. The van der Waals surface area contributed by atoms with Crippen molar-refractivity contribution in [1.29, 1.82) is 0 Å². The Balaban J connectivity index is 1.87. The van der Waals surface area contributed by atoms with Crippen LogP contribution in [0.1, 0.15) is 16.4 Å². The molecular formula is C25H27Cl2N3O7S2. The molecule has 3 aromatic rings. The minimum Gasteiger partial charge on any atom is -0.382 e. The fourth-order valence-corrected chi connectivity index (χ4v) is 6.47. The topological polar surface area (TPSA) is 128 Å². The molecule has 0 fully saturated rings. The molecule has 10 nitrogen and oxygen atoms in total. The Morgan fingerprint density at radius 1 is 1.08 bits per heavy atom. The lowest BCUT2D eigenvalue weighted by molar-refractivity contribution is -0.380. The van der Waals surface area contributed by atoms with Gasteiger partial charge >= 0.3 is 15.1 Å². The molecule has 2 aromatic carbocycles. The van der Waals surface area contributed by atoms with Gasteiger partial charge in [-0.2, -0.15) is 8.42 Å². The number of hydrogen-bond donors (Lipinski definition) is 1. The average molecular weight is 617 g/mol. The maximum Gasteiger partial charge on any atom is 0.328 e. The summed E-state index contributed by atoms with van der Waals surface area (Å²) in [7, 11) is -2.98. The van der Waals surface area contributed by atoms with Crippen LogP contribution in [0.15, 0.2) is 60.0 Å². The summed E-state index contributed by atoms with van der Waals surface area (Å²) in [6, 6.07) is 14.3. The Kier molecular flexibility index (Phi) is 11.4. The van der Waals surface area contributed by atoms with E-state index in [1.54, 1.807) is 36.4 Å². The van der Waals surface area contributed by atoms with Crippen LogP contribution >= 0.6 is 34.5 Å². The molecule has 1 amide bonds. The maximum absolute atomic E-state index is 13.5. The Morgan fingerprint density at radius 2 is 1.72 bits per heavy atom. The van der Waals surface area contributed by atoms with E-state index < -0.39 is 20.3 Å². The van der Waals surface area contributed by atoms with Crippen LogP contribution in [0.2, 0.25) is 0 Å². The van der Waals surface area contributed by atoms with Crippen molar-refractivity contribution < 1.29 is 27.1 Å². The van der Waals surface area contributed by atoms with Gasteiger partial charge in [-0.15, -0.1) is 23.2 Å². The molecule has 0 saturated carbocycles. The van der Waals surface area contributed by atoms with Gasteiger partial charge in [0, 0.05) is 43.3 Å². The Bertz CT molecular complexity index is 1340. The number of nitrogens with one attached hydrogen (secondary N) is 1. The van der Waals surface area contributed by atoms with Gasteiger partial charge in [-0.05, 0) is 59.8 Å². The van der Waals surface area contributed by atoms with Gasteiger partial charge in [0.15, 0.2) is 0 Å². The highest BCUT2D eigenvalue weighted by molar-refractivity contribution is 7.87. The monoisotopic (exact) mass is 615 g/mol. The molecule has 1 N–H and O–H groups in total. The number of nitro groups is 1. The second-order valence-electron chi connectivity index (χ2n) is 8.24. The molecule has 14 heteroatoms. The summed E-state index contributed by atoms with van der Waals surface area (Å²) in [5, 5.41) is 14.1. The molecule has 0 aliphatic heterocycles. The molecule has 1 atom stereocenters. The van der Waals surface area contributed by atoms with Crippen molar-refractivity contribution in [3.63, 3.8) is 0 Å². The Labute approximate surface area is 240 Å². The summed E-state index contributed by atoms with van der Waals surface area (Å²) in [6.07, 6.45) is -0.0937. The number of nitrogens with zero attached hydrogens (tertiary/aromatic N) is 2. The maximum atomic E-state index is 13.5. The second kappa shape index (κ2) is 14.5. The number of carbonyl (C=O) groups is 1. The molecule has 1 aromatic heterocycles. The normalized spacial score (nSPS) is 12.1. The zero-order valence-electron chi connectivity index (χ0n) is 20.9. The molecule has 0 aliphatic rings. The summed E-state index contributed by atoms with van der Waals surface area (Å²) in [6.45, 7) is 1.01. The molecule has 0 saturated heterocycles. The summed E-state index contributed by atoms with van der Waals surface area (Å²) >= 11 is 12.6. The van der Waals surface area contributed by atoms with Gasteiger partial charge in [-0.25, -0.2) is 0 Å². The van der Waals surface area contributed by atoms with E-state index in [0.29, 0.717) is 36.1 Å². The van der Waals surface area contributed by atoms with Crippen molar-refractivity contribution in [2.75, 3.05) is 48.8 Å². The smallest absolute Gasteiger partial charge is 0.328 e. The van der Waals surface area contributed by atoms with Gasteiger partial charge in [-0.1, -0.05) is 23.5 Å². The number of thiophene rings is 1. The van der Waals surface area contributed by atoms with Crippen molar-refractivity contribution in [3.8, 4) is 5.75 Å². The lowest BCUT2D eigenvalue weighted by atomic mass is 10.1. The minimum absolute atomic E-state index is 0.0366. The standard InChI is InChI=1S/C25H27Cl2N3O7S2/c1-36-17-24(31)28-19-4-2-18(3-5-19)16-23(22-10-15-38-25(22)30(32)33)39(34,35)37-21-8-6-20(7-9-21)29(13-11-26)14-12-27/h2-10,15,23H,11-14,16-17H2,1H3,(H,28,31). The van der Waals surface area contributed by atoms with E-state index in [-0.39, 0.29) is 35.2 Å². The van der Waals surface area contributed by atoms with Gasteiger partial charge in [0.2, 0.25) is 5.91 Å². The molecule has 3 rings (SSSR count). The lowest BCUT2D eigenvalue weighted by Gasteiger charge is -2.23. The van der Waals surface area contributed by atoms with Gasteiger partial charge in [0.25, 0.3) is 0 Å². The first kappa shape index (κ1) is 30.6. The molecular weight excluding hydrogens is 589 g/mol. The zero-order chi connectivity index (χ0) is 28.4. The van der Waals surface area contributed by atoms with Crippen molar-refractivity contribution in [3.05, 3.63) is 81.2 Å². The van der Waals surface area contributed by atoms with Gasteiger partial charge < -0.3 is 19.1 Å². The van der Waals surface area contributed by atoms with Gasteiger partial charge in [0.05, 0.1) is 10.5 Å². The summed E-state index contributed by atoms with van der Waals surface area (Å²) in [4.78, 5) is 24.7. The van der Waals surface area contributed by atoms with Crippen LogP contribution in [0, 0.1) is 10.1 Å². The van der Waals surface area contributed by atoms with Crippen molar-refractivity contribution in [2.45, 2.75) is 11.7 Å². The molecule has 0 radical (unpaired) electrons. The van der Waals surface area contributed by atoms with Crippen molar-refractivity contribution in [2.24, 2.45) is 0 Å². The summed E-state index contributed by atoms with van der Waals surface area (Å²) in [5.74, 6) is 0.512. The zero-order valence-corrected chi connectivity index (χ0v) is 24.1. The fraction of sp³-hybridized carbons (Fsp3) is 0.320. The SMILES string of the molecule is COCC(=O)Nc1ccc(CC(c2ccsc2[N+](=O)[O-])S(=O)(=O)Oc2ccc(N(CCCl)CCCl)cc2)cc1. The first-order valence-corrected chi connectivity index (χ1v) is 15.1. The predicted octanol–water partition coefficient (Wildman–Crippen LogP) is 5.22. The van der Waals surface area contributed by atoms with Crippen LogP contribution in [0.4, 0.5) is 16.4 Å². The third kappa shape index (κ3) is 8.54. The van der Waals surface area contributed by atoms with E-state index in [2.05, 4.69) is 5.32 Å². The van der Waals surface area contributed by atoms with E-state index in [1.165, 1.54) is 30.7 Å². The largest absolute Gasteiger partial charge is 0.382 e. The van der Waals surface area contributed by atoms with Crippen LogP contribution in [0.25, 0.3) is 0 Å². The first-order valence-electron chi connectivity index (χ1n) is 11.7. The number of rotatable bonds is 15. The first-order chi connectivity index (χ1) is 18.7. The molecule has 39 heavy (non-hydrogen) atoms. The van der Waals surface area contributed by atoms with E-state index in [1.807, 2.05) is 4.90 Å². The van der Waals surface area contributed by atoms with E-state index in [0.717, 1.165) is 17.0 Å². The molecule has 210 valence electrons. The molecule has 1 unspecified atom stereocenters. The van der Waals surface area contributed by atoms with Crippen LogP contribution < -0.4 is 14.4 Å². The molecule has 0 bridgehead atoms. The lowest BCUT2D eigenvalue weighted by Crippen LogP contribution is -2.27. The van der Waals surface area contributed by atoms with E-state index in [9.17, 15) is 23.3 Å². The van der Waals surface area contributed by atoms with Crippen LogP contribution in [0.3, 0.4) is 0 Å². The number of halogens is 2. The Morgan fingerprint density at radius 3 is 2.28 bits per heavy atom. The van der Waals surface area contributed by atoms with Crippen molar-refractivity contribution >= 4 is 66.9 Å². The van der Waals surface area contributed by atoms with Gasteiger partial charge in [0.1, 0.15) is 17.6 Å². The highest BCUT2D eigenvalue weighted by atomic mass is 35.5. The van der Waals surface area contributed by atoms with E-state index in [4.69, 9.17) is 32.1 Å². The summed E-state index contributed by atoms with van der Waals surface area (Å²) < 4.78 is 37.3. The highest BCUT2D eigenvalue weighted by Gasteiger charge is 2.36. The quantitative estimate of drug-likeness (QED) is 0.107. The third-order valence-corrected chi connectivity index (χ3v) is 8.35. The van der Waals surface area contributed by atoms with Gasteiger partial charge in [-0.3, -0.25) is 14.9 Å². The second-order valence-corrected chi connectivity index (χ2v) is 11.6. The predicted molar refractivity (Wildman–Crippen MR) is 154 cm³/mol. The van der Waals surface area contributed by atoms with E-state index >= 15 is 0 Å². The number of hydrogen-bond acceptors (Lipinski definition) is 9. The number of anilines is 2. The fourth-order valence-electron chi connectivity index (χ4n) is 3.82. The molecule has 0 spiro atoms. The molecule has 0 aliphatic carbocycles. The number of benzene rings is 2. The Hall–Kier alpha value is -2.90. The van der Waals surface area contributed by atoms with Crippen LogP contribution in [-0.4, -0.2) is 57.8 Å². The van der Waals surface area contributed by atoms with Crippen LogP contribution in [0.5, 0.6) is 5.75 Å². The number of ether oxygens (including phenoxy) is 1. The number of methoxy groups -OCH3 is 1. The summed E-state index contributed by atoms with van der Waals surface area (Å²) in [5.41, 5.74) is 1.90. The number of amides is 1. The third-order valence-electron chi connectivity index (χ3n) is 5.59.